The van der Waals surface area contributed by atoms with Gasteiger partial charge in [0.25, 0.3) is 0 Å². The van der Waals surface area contributed by atoms with Crippen LogP contribution < -0.4 is 19.6 Å². The molecule has 0 amide bonds. The minimum atomic E-state index is -0.00748. The van der Waals surface area contributed by atoms with Gasteiger partial charge < -0.3 is 37.9 Å². The molecule has 0 saturated heterocycles. The zero-order valence-electron chi connectivity index (χ0n) is 83.3. The molecule has 3 aliphatic rings. The highest BCUT2D eigenvalue weighted by Gasteiger charge is 2.39. The Bertz CT molecular complexity index is 9240. The zero-order valence-corrected chi connectivity index (χ0v) is 83.3. The van der Waals surface area contributed by atoms with Crippen LogP contribution in [-0.4, -0.2) is 46.5 Å². The summed E-state index contributed by atoms with van der Waals surface area (Å²) in [5.74, 6) is 0. The van der Waals surface area contributed by atoms with Crippen LogP contribution in [0.5, 0.6) is 0 Å². The quantitative estimate of drug-likeness (QED) is 0.115. The maximum absolute atomic E-state index is 2.38. The van der Waals surface area contributed by atoms with Crippen LogP contribution in [0.4, 0.5) is 45.5 Å². The molecule has 8 nitrogen and oxygen atoms in total. The van der Waals surface area contributed by atoms with Crippen LogP contribution in [0, 0.1) is 0 Å². The molecule has 0 saturated carbocycles. The van der Waals surface area contributed by atoms with Gasteiger partial charge >= 0.3 is 0 Å². The van der Waals surface area contributed by atoms with Gasteiger partial charge in [0.1, 0.15) is 0 Å². The van der Waals surface area contributed by atoms with E-state index in [1.54, 1.807) is 0 Å². The van der Waals surface area contributed by atoms with E-state index in [0.717, 1.165) is 11.4 Å². The Morgan fingerprint density at radius 2 is 0.400 bits per heavy atom. The second-order valence-electron chi connectivity index (χ2n) is 40.6. The van der Waals surface area contributed by atoms with Gasteiger partial charge in [0, 0.05) is 156 Å². The molecule has 8 heteroatoms. The van der Waals surface area contributed by atoms with E-state index in [4.69, 9.17) is 0 Å². The van der Waals surface area contributed by atoms with Crippen molar-refractivity contribution in [1.29, 1.82) is 0 Å². The molecule has 4 heterocycles. The molecule has 0 unspecified atom stereocenters. The molecule has 0 aliphatic heterocycles. The third kappa shape index (κ3) is 15.0. The summed E-state index contributed by atoms with van der Waals surface area (Å²) in [4.78, 5) is 9.15. The summed E-state index contributed by atoms with van der Waals surface area (Å²) in [5, 5.41) is 12.8. The van der Waals surface area contributed by atoms with Crippen molar-refractivity contribution in [3.05, 3.63) is 519 Å². The summed E-state index contributed by atoms with van der Waals surface area (Å²) < 4.78 is 9.46. The van der Waals surface area contributed by atoms with Crippen molar-refractivity contribution in [2.24, 2.45) is 0 Å². The lowest BCUT2D eigenvalue weighted by molar-refractivity contribution is 0.660. The molecule has 0 fully saturated rings. The lowest BCUT2D eigenvalue weighted by atomic mass is 9.82. The number of aromatic nitrogens is 4. The fourth-order valence-corrected chi connectivity index (χ4v) is 23.6. The largest absolute Gasteiger partial charge is 0.345 e. The van der Waals surface area contributed by atoms with Crippen molar-refractivity contribution in [3.63, 3.8) is 0 Å². The van der Waals surface area contributed by atoms with Gasteiger partial charge in [-0.25, -0.2) is 0 Å². The molecule has 4 aromatic heterocycles. The van der Waals surface area contributed by atoms with Gasteiger partial charge in [0.05, 0.1) is 44.1 Å². The van der Waals surface area contributed by atoms with Crippen LogP contribution >= 0.6 is 0 Å². The molecular weight excluding hydrogens is 1760 g/mol. The highest BCUT2D eigenvalue weighted by molar-refractivity contribution is 6.14. The number of hydrogen-bond donors (Lipinski definition) is 0. The van der Waals surface area contributed by atoms with Crippen molar-refractivity contribution < 1.29 is 0 Å². The summed E-state index contributed by atoms with van der Waals surface area (Å²) in [6.07, 6.45) is 0. The second kappa shape index (κ2) is 35.5. The van der Waals surface area contributed by atoms with E-state index < -0.39 is 0 Å². The predicted octanol–water partition coefficient (Wildman–Crippen LogP) is 35.9. The van der Waals surface area contributed by atoms with Gasteiger partial charge in [-0.1, -0.05) is 333 Å². The summed E-state index contributed by atoms with van der Waals surface area (Å²) in [7, 11) is 8.63. The first-order chi connectivity index (χ1) is 70.9. The third-order valence-corrected chi connectivity index (χ3v) is 31.5. The average Bonchev–Trinajstić information content (AvgIpc) is 1.58. The van der Waals surface area contributed by atoms with E-state index in [1.165, 1.54) is 233 Å². The van der Waals surface area contributed by atoms with Gasteiger partial charge in [-0.2, -0.15) is 0 Å². The first-order valence-corrected chi connectivity index (χ1v) is 50.5. The molecule has 0 N–H and O–H groups in total. The smallest absolute Gasteiger partial charge is 0.0561 e. The number of rotatable bonds is 13. The first kappa shape index (κ1) is 88.7. The average molecular weight is 1870 g/mol. The number of fused-ring (bicyclic) bond motifs is 22. The van der Waals surface area contributed by atoms with Gasteiger partial charge in [-0.05, 0) is 283 Å². The standard InChI is InChI=1S/C35H26N2.3C34H28N2/c1-36(29-18-16-26(17-19-29)28-15-14-25-8-2-3-9-27(25)24-28)30-20-22-31(23-21-30)37-34-12-6-4-10-32(34)33-11-5-7-13-35(33)37;1-34(2)30-13-7-4-10-26(30)27-21-20-25(22-31(27)34)35(3)23-16-18-24(19-17-23)36-32-14-8-5-11-28(32)29-12-6-9-15-33(29)36;1-34(2)30-15-9-7-13-26(30)27-19-17-25(22-31(27)34)35(3)24-18-20-33-29(21-24)28-14-8-10-16-32(28)36(33)23-11-5-4-6-12-23;1-34(2)30-15-9-7-13-26(30)27-19-17-24(21-31(27)34)35(3)25-18-20-29-28-14-8-10-16-32(28)36(33(29)22-25)23-11-5-4-6-12-23/h2-24H,1H3;3*4-22H,1-3H3. The Morgan fingerprint density at radius 1 is 0.152 bits per heavy atom. The fourth-order valence-electron chi connectivity index (χ4n) is 23.6. The molecule has 3 aliphatic carbocycles. The molecule has 28 rings (SSSR count). The Balaban J connectivity index is 0.000000101. The van der Waals surface area contributed by atoms with Crippen LogP contribution in [0.3, 0.4) is 0 Å². The lowest BCUT2D eigenvalue weighted by Crippen LogP contribution is -2.16. The van der Waals surface area contributed by atoms with E-state index in [0.29, 0.717) is 0 Å². The van der Waals surface area contributed by atoms with Gasteiger partial charge in [0.15, 0.2) is 0 Å². The van der Waals surface area contributed by atoms with E-state index in [1.807, 2.05) is 0 Å². The minimum absolute atomic E-state index is 0.00314. The Kier molecular flexibility index (Phi) is 21.7. The van der Waals surface area contributed by atoms with Crippen molar-refractivity contribution in [2.45, 2.75) is 57.8 Å². The Hall–Kier alpha value is -17.7. The van der Waals surface area contributed by atoms with Crippen molar-refractivity contribution in [2.75, 3.05) is 47.8 Å². The second-order valence-corrected chi connectivity index (χ2v) is 40.6. The zero-order chi connectivity index (χ0) is 98.1. The topological polar surface area (TPSA) is 32.7 Å². The van der Waals surface area contributed by atoms with Crippen LogP contribution in [0.1, 0.15) is 74.9 Å². The van der Waals surface area contributed by atoms with Crippen molar-refractivity contribution in [3.8, 4) is 67.3 Å². The van der Waals surface area contributed by atoms with Crippen molar-refractivity contribution in [1.82, 2.24) is 18.3 Å². The maximum atomic E-state index is 2.38. The molecule has 21 aromatic carbocycles. The number of anilines is 8. The third-order valence-electron chi connectivity index (χ3n) is 31.5. The van der Waals surface area contributed by atoms with E-state index >= 15 is 0 Å². The molecule has 0 radical (unpaired) electrons. The number of hydrogen-bond acceptors (Lipinski definition) is 4. The monoisotopic (exact) mass is 1870 g/mol. The number of benzene rings is 21. The SMILES string of the molecule is CN(c1ccc(-c2ccc3ccccc3c2)cc1)c1ccc(-n2c3ccccc3c3ccccc32)cc1.CN(c1ccc(-n2c3ccccc3c3ccccc32)cc1)c1ccc2c(c1)C(C)(C)c1ccccc1-2.CN(c1ccc2c(c1)C(C)(C)c1ccccc1-2)c1ccc2c(c1)c1ccccc1n2-c1ccccc1.CN(c1ccc2c(c1)C(C)(C)c1ccccc1-2)c1ccc2c3ccccc3n(-c3ccccc3)c2c1. The van der Waals surface area contributed by atoms with E-state index in [2.05, 4.69) is 593 Å². The number of nitrogens with zero attached hydrogens (tertiary/aromatic N) is 8. The first-order valence-electron chi connectivity index (χ1n) is 50.5. The highest BCUT2D eigenvalue weighted by atomic mass is 15.1. The normalized spacial score (nSPS) is 13.1. The van der Waals surface area contributed by atoms with Crippen LogP contribution in [-0.2, 0) is 16.2 Å². The lowest BCUT2D eigenvalue weighted by Gasteiger charge is -2.25. The van der Waals surface area contributed by atoms with Crippen molar-refractivity contribution >= 4 is 143 Å². The molecule has 145 heavy (non-hydrogen) atoms. The van der Waals surface area contributed by atoms with Gasteiger partial charge in [-0.15, -0.1) is 0 Å². The molecule has 0 bridgehead atoms. The number of para-hydroxylation sites is 8. The summed E-state index contributed by atoms with van der Waals surface area (Å²) in [6.45, 7) is 14.0. The molecule has 0 atom stereocenters. The fraction of sp³-hybridized carbons (Fsp3) is 0.0949. The maximum Gasteiger partial charge on any atom is 0.0561 e. The minimum Gasteiger partial charge on any atom is -0.345 e. The summed E-state index contributed by atoms with van der Waals surface area (Å²) >= 11 is 0. The Labute approximate surface area is 847 Å². The van der Waals surface area contributed by atoms with E-state index in [-0.39, 0.29) is 16.2 Å². The molecular formula is C137H110N8. The Morgan fingerprint density at radius 3 is 0.793 bits per heavy atom. The van der Waals surface area contributed by atoms with Crippen LogP contribution in [0.2, 0.25) is 0 Å². The van der Waals surface area contributed by atoms with Gasteiger partial charge in [0.2, 0.25) is 0 Å². The molecule has 698 valence electrons. The summed E-state index contributed by atoms with van der Waals surface area (Å²) in [6, 6.07) is 176. The van der Waals surface area contributed by atoms with Gasteiger partial charge in [-0.3, -0.25) is 0 Å². The highest BCUT2D eigenvalue weighted by Crippen LogP contribution is 2.55. The van der Waals surface area contributed by atoms with Crippen LogP contribution in [0.15, 0.2) is 485 Å². The van der Waals surface area contributed by atoms with Crippen LogP contribution in [0.25, 0.3) is 165 Å². The van der Waals surface area contributed by atoms with E-state index in [9.17, 15) is 0 Å². The summed E-state index contributed by atoms with van der Waals surface area (Å²) in [5.41, 5.74) is 43.1. The molecule has 25 aromatic rings. The molecule has 0 spiro atoms. The predicted molar refractivity (Wildman–Crippen MR) is 617 cm³/mol.